The van der Waals surface area contributed by atoms with Gasteiger partial charge in [-0.2, -0.15) is 9.61 Å². The number of nitrogens with one attached hydrogen (secondary N) is 2. The van der Waals surface area contributed by atoms with Gasteiger partial charge in [0.1, 0.15) is 5.69 Å². The van der Waals surface area contributed by atoms with Crippen molar-refractivity contribution in [1.29, 1.82) is 0 Å². The molecule has 0 unspecified atom stereocenters. The molecule has 5 aromatic rings. The van der Waals surface area contributed by atoms with Crippen LogP contribution in [0.1, 0.15) is 5.56 Å². The normalized spacial score (nSPS) is 10.8. The molecule has 0 spiro atoms. The molecule has 0 radical (unpaired) electrons. The number of fused-ring (bicyclic) bond motifs is 1. The number of urea groups is 1. The summed E-state index contributed by atoms with van der Waals surface area (Å²) in [5, 5.41) is 18.8. The number of hydrogen-bond acceptors (Lipinski definition) is 5. The molecule has 8 nitrogen and oxygen atoms in total. The van der Waals surface area contributed by atoms with Gasteiger partial charge in [-0.05, 0) is 55.5 Å². The number of pyridine rings is 1. The average molecular weight is 421 g/mol. The summed E-state index contributed by atoms with van der Waals surface area (Å²) in [6.07, 6.45) is 1.71. The predicted octanol–water partition coefficient (Wildman–Crippen LogP) is 4.81. The first-order valence-corrected chi connectivity index (χ1v) is 10.0. The molecule has 3 aromatic heterocycles. The van der Waals surface area contributed by atoms with Crippen LogP contribution in [0.15, 0.2) is 85.1 Å². The van der Waals surface area contributed by atoms with E-state index in [0.29, 0.717) is 22.9 Å². The topological polar surface area (TPSA) is 97.1 Å². The number of anilines is 2. The maximum atomic E-state index is 12.4. The van der Waals surface area contributed by atoms with Crippen molar-refractivity contribution in [2.75, 3.05) is 10.6 Å². The molecule has 0 bridgehead atoms. The predicted molar refractivity (Wildman–Crippen MR) is 123 cm³/mol. The van der Waals surface area contributed by atoms with Gasteiger partial charge in [0.15, 0.2) is 5.65 Å². The molecule has 2 amide bonds. The van der Waals surface area contributed by atoms with Gasteiger partial charge in [0.25, 0.3) is 0 Å². The molecule has 2 N–H and O–H groups in total. The molecule has 0 aliphatic heterocycles. The molecule has 5 rings (SSSR count). The van der Waals surface area contributed by atoms with Crippen molar-refractivity contribution in [2.45, 2.75) is 6.92 Å². The number of nitrogens with zero attached hydrogens (tertiary/aromatic N) is 5. The van der Waals surface area contributed by atoms with Crippen molar-refractivity contribution in [3.8, 4) is 22.8 Å². The standard InChI is InChI=1S/C24H19N7O/c1-16-8-10-18(11-9-16)26-24(32)27-19-6-4-5-17(15-19)20-12-13-22-28-29-23(31(22)30-20)21-7-2-3-14-25-21/h2-15H,1H3,(H2,26,27,32). The average Bonchev–Trinajstić information content (AvgIpc) is 3.25. The second-order valence-corrected chi connectivity index (χ2v) is 7.25. The zero-order valence-corrected chi connectivity index (χ0v) is 17.2. The zero-order valence-electron chi connectivity index (χ0n) is 17.2. The number of benzene rings is 2. The minimum absolute atomic E-state index is 0.314. The molecule has 0 aliphatic carbocycles. The largest absolute Gasteiger partial charge is 0.323 e. The second kappa shape index (κ2) is 8.27. The fourth-order valence-corrected chi connectivity index (χ4v) is 3.28. The third kappa shape index (κ3) is 4.01. The summed E-state index contributed by atoms with van der Waals surface area (Å²) in [4.78, 5) is 16.7. The van der Waals surface area contributed by atoms with Crippen molar-refractivity contribution in [2.24, 2.45) is 0 Å². The molecule has 8 heteroatoms. The first-order valence-electron chi connectivity index (χ1n) is 10.0. The Morgan fingerprint density at radius 3 is 2.47 bits per heavy atom. The van der Waals surface area contributed by atoms with Gasteiger partial charge in [0, 0.05) is 23.1 Å². The third-order valence-electron chi connectivity index (χ3n) is 4.88. The Bertz CT molecular complexity index is 1400. The Kier molecular flexibility index (Phi) is 5.01. The summed E-state index contributed by atoms with van der Waals surface area (Å²) < 4.78 is 1.67. The van der Waals surface area contributed by atoms with Crippen molar-refractivity contribution < 1.29 is 4.79 Å². The van der Waals surface area contributed by atoms with Gasteiger partial charge < -0.3 is 10.6 Å². The van der Waals surface area contributed by atoms with Crippen LogP contribution in [0.4, 0.5) is 16.2 Å². The van der Waals surface area contributed by atoms with Crippen LogP contribution in [0, 0.1) is 6.92 Å². The molecule has 3 heterocycles. The van der Waals surface area contributed by atoms with E-state index in [-0.39, 0.29) is 6.03 Å². The van der Waals surface area contributed by atoms with E-state index in [9.17, 15) is 4.79 Å². The molecule has 156 valence electrons. The first kappa shape index (κ1) is 19.4. The van der Waals surface area contributed by atoms with Crippen molar-refractivity contribution in [1.82, 2.24) is 24.8 Å². The SMILES string of the molecule is Cc1ccc(NC(=O)Nc2cccc(-c3ccc4nnc(-c5ccccn5)n4n3)c2)cc1. The Morgan fingerprint density at radius 1 is 0.812 bits per heavy atom. The lowest BCUT2D eigenvalue weighted by Gasteiger charge is -2.09. The number of carbonyl (C=O) groups is 1. The van der Waals surface area contributed by atoms with Gasteiger partial charge >= 0.3 is 6.03 Å². The van der Waals surface area contributed by atoms with Gasteiger partial charge in [-0.25, -0.2) is 4.79 Å². The minimum atomic E-state index is -0.314. The Labute approximate surface area is 184 Å². The highest BCUT2D eigenvalue weighted by atomic mass is 16.2. The number of carbonyl (C=O) groups excluding carboxylic acids is 1. The van der Waals surface area contributed by atoms with Crippen molar-refractivity contribution >= 4 is 23.1 Å². The molecule has 0 aliphatic rings. The van der Waals surface area contributed by atoms with Crippen LogP contribution >= 0.6 is 0 Å². The van der Waals surface area contributed by atoms with E-state index < -0.39 is 0 Å². The van der Waals surface area contributed by atoms with Gasteiger partial charge in [-0.1, -0.05) is 35.9 Å². The summed E-state index contributed by atoms with van der Waals surface area (Å²) in [5.41, 5.74) is 5.40. The van der Waals surface area contributed by atoms with Crippen LogP contribution in [0.25, 0.3) is 28.4 Å². The summed E-state index contributed by atoms with van der Waals surface area (Å²) >= 11 is 0. The summed E-state index contributed by atoms with van der Waals surface area (Å²) in [6, 6.07) is 24.1. The van der Waals surface area contributed by atoms with Crippen LogP contribution < -0.4 is 10.6 Å². The lowest BCUT2D eigenvalue weighted by Crippen LogP contribution is -2.19. The van der Waals surface area contributed by atoms with E-state index in [1.165, 1.54) is 0 Å². The van der Waals surface area contributed by atoms with Crippen LogP contribution in [0.2, 0.25) is 0 Å². The number of amides is 2. The van der Waals surface area contributed by atoms with Gasteiger partial charge in [0.2, 0.25) is 5.82 Å². The lowest BCUT2D eigenvalue weighted by atomic mass is 10.1. The molecule has 32 heavy (non-hydrogen) atoms. The molecule has 0 saturated carbocycles. The maximum absolute atomic E-state index is 12.4. The van der Waals surface area contributed by atoms with Crippen molar-refractivity contribution in [3.63, 3.8) is 0 Å². The minimum Gasteiger partial charge on any atom is -0.308 e. The van der Waals surface area contributed by atoms with E-state index in [0.717, 1.165) is 22.5 Å². The smallest absolute Gasteiger partial charge is 0.308 e. The quantitative estimate of drug-likeness (QED) is 0.434. The summed E-state index contributed by atoms with van der Waals surface area (Å²) in [6.45, 7) is 2.00. The molecule has 2 aromatic carbocycles. The fraction of sp³-hybridized carbons (Fsp3) is 0.0417. The van der Waals surface area contributed by atoms with Crippen LogP contribution in [0.5, 0.6) is 0 Å². The van der Waals surface area contributed by atoms with E-state index in [1.54, 1.807) is 10.7 Å². The van der Waals surface area contributed by atoms with Crippen LogP contribution in [-0.4, -0.2) is 30.8 Å². The number of rotatable bonds is 4. The fourth-order valence-electron chi connectivity index (χ4n) is 3.28. The Balaban J connectivity index is 1.40. The molecular weight excluding hydrogens is 402 g/mol. The van der Waals surface area contributed by atoms with E-state index >= 15 is 0 Å². The van der Waals surface area contributed by atoms with E-state index in [2.05, 4.69) is 25.8 Å². The lowest BCUT2D eigenvalue weighted by molar-refractivity contribution is 0.262. The van der Waals surface area contributed by atoms with Crippen LogP contribution in [0.3, 0.4) is 0 Å². The molecule has 0 saturated heterocycles. The van der Waals surface area contributed by atoms with Gasteiger partial charge in [-0.15, -0.1) is 10.2 Å². The Morgan fingerprint density at radius 2 is 1.66 bits per heavy atom. The molecular formula is C24H19N7O. The van der Waals surface area contributed by atoms with Crippen LogP contribution in [-0.2, 0) is 0 Å². The molecule has 0 fully saturated rings. The Hall–Kier alpha value is -4.59. The number of aromatic nitrogens is 5. The highest BCUT2D eigenvalue weighted by molar-refractivity contribution is 6.00. The maximum Gasteiger partial charge on any atom is 0.323 e. The van der Waals surface area contributed by atoms with E-state index in [1.807, 2.05) is 85.8 Å². The van der Waals surface area contributed by atoms with Crippen molar-refractivity contribution in [3.05, 3.63) is 90.6 Å². The zero-order chi connectivity index (χ0) is 21.9. The molecule has 0 atom stereocenters. The first-order chi connectivity index (χ1) is 15.7. The summed E-state index contributed by atoms with van der Waals surface area (Å²) in [7, 11) is 0. The third-order valence-corrected chi connectivity index (χ3v) is 4.88. The highest BCUT2D eigenvalue weighted by Gasteiger charge is 2.12. The van der Waals surface area contributed by atoms with Gasteiger partial charge in [0.05, 0.1) is 5.69 Å². The monoisotopic (exact) mass is 421 g/mol. The highest BCUT2D eigenvalue weighted by Crippen LogP contribution is 2.23. The van der Waals surface area contributed by atoms with E-state index in [4.69, 9.17) is 5.10 Å². The van der Waals surface area contributed by atoms with Gasteiger partial charge in [-0.3, -0.25) is 4.98 Å². The number of hydrogen-bond donors (Lipinski definition) is 2. The second-order valence-electron chi connectivity index (χ2n) is 7.25. The summed E-state index contributed by atoms with van der Waals surface area (Å²) in [5.74, 6) is 0.564. The number of aryl methyl sites for hydroxylation is 1.